The van der Waals surface area contributed by atoms with Crippen LogP contribution in [-0.2, 0) is 4.74 Å². The molecule has 0 amide bonds. The predicted octanol–water partition coefficient (Wildman–Crippen LogP) is 0.975. The van der Waals surface area contributed by atoms with Gasteiger partial charge < -0.3 is 14.7 Å². The van der Waals surface area contributed by atoms with Gasteiger partial charge in [0.25, 0.3) is 5.56 Å². The van der Waals surface area contributed by atoms with Crippen molar-refractivity contribution in [2.75, 3.05) is 18.6 Å². The quantitative estimate of drug-likeness (QED) is 0.862. The Kier molecular flexibility index (Phi) is 4.87. The highest BCUT2D eigenvalue weighted by Gasteiger charge is 2.28. The summed E-state index contributed by atoms with van der Waals surface area (Å²) in [4.78, 5) is 28.7. The van der Waals surface area contributed by atoms with E-state index in [1.54, 1.807) is 6.20 Å². The van der Waals surface area contributed by atoms with Crippen LogP contribution >= 0.6 is 0 Å². The molecule has 0 radical (unpaired) electrons. The maximum atomic E-state index is 12.2. The van der Waals surface area contributed by atoms with Gasteiger partial charge in [-0.15, -0.1) is 0 Å². The Bertz CT molecular complexity index is 647. The summed E-state index contributed by atoms with van der Waals surface area (Å²) >= 11 is 0. The number of nitrogens with zero attached hydrogens (tertiary/aromatic N) is 2. The summed E-state index contributed by atoms with van der Waals surface area (Å²) in [5.74, 6) is 0. The minimum Gasteiger partial charge on any atom is -0.394 e. The molecule has 7 heteroatoms. The van der Waals surface area contributed by atoms with E-state index in [1.165, 1.54) is 23.8 Å². The molecular formula is C16H25N3O4. The van der Waals surface area contributed by atoms with Crippen molar-refractivity contribution in [2.24, 2.45) is 0 Å². The van der Waals surface area contributed by atoms with E-state index in [1.807, 2.05) is 11.9 Å². The van der Waals surface area contributed by atoms with Crippen molar-refractivity contribution >= 4 is 5.69 Å². The third-order valence-electron chi connectivity index (χ3n) is 5.05. The first-order chi connectivity index (χ1) is 11.1. The Morgan fingerprint density at radius 2 is 2.00 bits per heavy atom. The van der Waals surface area contributed by atoms with Crippen LogP contribution in [0.5, 0.6) is 0 Å². The number of aromatic nitrogens is 2. The van der Waals surface area contributed by atoms with Crippen LogP contribution < -0.4 is 16.1 Å². The molecule has 0 spiro atoms. The van der Waals surface area contributed by atoms with Gasteiger partial charge in [0.05, 0.1) is 12.7 Å². The maximum absolute atomic E-state index is 12.2. The number of aliphatic hydroxyl groups excluding tert-OH is 1. The van der Waals surface area contributed by atoms with Crippen molar-refractivity contribution < 1.29 is 9.84 Å². The van der Waals surface area contributed by atoms with Gasteiger partial charge in [0.1, 0.15) is 11.9 Å². The van der Waals surface area contributed by atoms with Gasteiger partial charge in [-0.3, -0.25) is 14.3 Å². The summed E-state index contributed by atoms with van der Waals surface area (Å²) in [6, 6.07) is 0.338. The molecular weight excluding hydrogens is 298 g/mol. The minimum atomic E-state index is -0.459. The number of hydrogen-bond donors (Lipinski definition) is 2. The van der Waals surface area contributed by atoms with Gasteiger partial charge in [-0.2, -0.15) is 0 Å². The molecule has 1 aromatic rings. The van der Waals surface area contributed by atoms with E-state index in [0.717, 1.165) is 12.8 Å². The smallest absolute Gasteiger partial charge is 0.330 e. The van der Waals surface area contributed by atoms with Crippen LogP contribution in [0.4, 0.5) is 5.69 Å². The van der Waals surface area contributed by atoms with Crippen molar-refractivity contribution in [1.82, 2.24) is 9.55 Å². The highest BCUT2D eigenvalue weighted by Crippen LogP contribution is 2.28. The first kappa shape index (κ1) is 16.3. The summed E-state index contributed by atoms with van der Waals surface area (Å²) < 4.78 is 7.12. The van der Waals surface area contributed by atoms with Crippen LogP contribution in [0.25, 0.3) is 0 Å². The molecule has 1 aliphatic carbocycles. The second-order valence-electron chi connectivity index (χ2n) is 6.56. The second kappa shape index (κ2) is 6.88. The molecule has 2 N–H and O–H groups in total. The molecule has 2 fully saturated rings. The summed E-state index contributed by atoms with van der Waals surface area (Å²) in [6.45, 7) is -0.0521. The molecule has 1 aromatic heterocycles. The molecule has 23 heavy (non-hydrogen) atoms. The zero-order chi connectivity index (χ0) is 16.4. The fraction of sp³-hybridized carbons (Fsp3) is 0.750. The lowest BCUT2D eigenvalue weighted by Crippen LogP contribution is -2.40. The number of H-pyrrole nitrogens is 1. The van der Waals surface area contributed by atoms with Gasteiger partial charge in [0, 0.05) is 19.3 Å². The highest BCUT2D eigenvalue weighted by molar-refractivity contribution is 5.42. The van der Waals surface area contributed by atoms with Crippen LogP contribution in [-0.4, -0.2) is 40.5 Å². The van der Waals surface area contributed by atoms with E-state index in [2.05, 4.69) is 4.98 Å². The molecule has 7 nitrogen and oxygen atoms in total. The third-order valence-corrected chi connectivity index (χ3v) is 5.05. The minimum absolute atomic E-state index is 0.0521. The zero-order valence-corrected chi connectivity index (χ0v) is 13.5. The van der Waals surface area contributed by atoms with E-state index in [-0.39, 0.29) is 18.3 Å². The van der Waals surface area contributed by atoms with Crippen molar-refractivity contribution in [3.8, 4) is 0 Å². The SMILES string of the molecule is CN(c1cn([C@H]2CC[C@H](CO)O2)c(=O)[nH]c1=O)C1CCCCC1. The third kappa shape index (κ3) is 3.35. The Morgan fingerprint density at radius 3 is 2.65 bits per heavy atom. The molecule has 0 unspecified atom stereocenters. The van der Waals surface area contributed by atoms with Crippen molar-refractivity contribution in [2.45, 2.75) is 63.3 Å². The number of anilines is 1. The summed E-state index contributed by atoms with van der Waals surface area (Å²) in [7, 11) is 1.92. The Morgan fingerprint density at radius 1 is 1.26 bits per heavy atom. The largest absolute Gasteiger partial charge is 0.394 e. The molecule has 1 saturated heterocycles. The van der Waals surface area contributed by atoms with Gasteiger partial charge in [-0.1, -0.05) is 19.3 Å². The second-order valence-corrected chi connectivity index (χ2v) is 6.56. The van der Waals surface area contributed by atoms with E-state index in [0.29, 0.717) is 24.6 Å². The van der Waals surface area contributed by atoms with Gasteiger partial charge >= 0.3 is 5.69 Å². The van der Waals surface area contributed by atoms with Gasteiger partial charge in [0.15, 0.2) is 0 Å². The Balaban J connectivity index is 1.87. The van der Waals surface area contributed by atoms with Crippen LogP contribution in [0.3, 0.4) is 0 Å². The highest BCUT2D eigenvalue weighted by atomic mass is 16.5. The maximum Gasteiger partial charge on any atom is 0.330 e. The molecule has 0 aromatic carbocycles. The van der Waals surface area contributed by atoms with Crippen molar-refractivity contribution in [1.29, 1.82) is 0 Å². The monoisotopic (exact) mass is 323 g/mol. The Hall–Kier alpha value is -1.60. The predicted molar refractivity (Wildman–Crippen MR) is 86.8 cm³/mol. The number of aromatic amines is 1. The average Bonchev–Trinajstić information content (AvgIpc) is 3.04. The average molecular weight is 323 g/mol. The Labute approximate surface area is 134 Å². The van der Waals surface area contributed by atoms with Crippen molar-refractivity contribution in [3.05, 3.63) is 27.0 Å². The van der Waals surface area contributed by atoms with E-state index in [9.17, 15) is 14.7 Å². The van der Waals surface area contributed by atoms with Crippen LogP contribution in [0.1, 0.15) is 51.2 Å². The molecule has 1 saturated carbocycles. The fourth-order valence-electron chi connectivity index (χ4n) is 3.63. The molecule has 3 rings (SSSR count). The van der Waals surface area contributed by atoms with Crippen LogP contribution in [0.2, 0.25) is 0 Å². The topological polar surface area (TPSA) is 87.6 Å². The molecule has 1 aliphatic heterocycles. The lowest BCUT2D eigenvalue weighted by molar-refractivity contribution is -0.0245. The summed E-state index contributed by atoms with van der Waals surface area (Å²) in [5.41, 5.74) is -0.303. The van der Waals surface area contributed by atoms with Crippen LogP contribution in [0, 0.1) is 0 Å². The van der Waals surface area contributed by atoms with E-state index < -0.39 is 11.9 Å². The number of hydrogen-bond acceptors (Lipinski definition) is 5. The number of nitrogens with one attached hydrogen (secondary N) is 1. The van der Waals surface area contributed by atoms with Gasteiger partial charge in [0.2, 0.25) is 0 Å². The van der Waals surface area contributed by atoms with E-state index >= 15 is 0 Å². The lowest BCUT2D eigenvalue weighted by Gasteiger charge is -2.32. The summed E-state index contributed by atoms with van der Waals surface area (Å²) in [6.07, 6.45) is 8.06. The van der Waals surface area contributed by atoms with Crippen LogP contribution in [0.15, 0.2) is 15.8 Å². The molecule has 2 heterocycles. The standard InChI is InChI=1S/C16H25N3O4/c1-18(11-5-3-2-4-6-11)13-9-19(16(22)17-15(13)21)14-8-7-12(10-20)23-14/h9,11-12,14,20H,2-8,10H2,1H3,(H,17,21,22)/t12-,14-/m1/s1. The normalized spacial score (nSPS) is 25.7. The summed E-state index contributed by atoms with van der Waals surface area (Å²) in [5, 5.41) is 9.18. The molecule has 128 valence electrons. The van der Waals surface area contributed by atoms with Gasteiger partial charge in [-0.05, 0) is 25.7 Å². The van der Waals surface area contributed by atoms with Gasteiger partial charge in [-0.25, -0.2) is 4.79 Å². The zero-order valence-electron chi connectivity index (χ0n) is 13.5. The van der Waals surface area contributed by atoms with E-state index in [4.69, 9.17) is 4.74 Å². The number of rotatable bonds is 4. The lowest BCUT2D eigenvalue weighted by atomic mass is 9.94. The molecule has 0 bridgehead atoms. The first-order valence-corrected chi connectivity index (χ1v) is 8.44. The number of aliphatic hydroxyl groups is 1. The fourth-order valence-corrected chi connectivity index (χ4v) is 3.63. The molecule has 2 atom stereocenters. The number of ether oxygens (including phenoxy) is 1. The molecule has 2 aliphatic rings. The van der Waals surface area contributed by atoms with Crippen molar-refractivity contribution in [3.63, 3.8) is 0 Å². The first-order valence-electron chi connectivity index (χ1n) is 8.44.